The van der Waals surface area contributed by atoms with Gasteiger partial charge < -0.3 is 10.6 Å². The molecule has 0 radical (unpaired) electrons. The number of nitrogens with zero attached hydrogens (tertiary/aromatic N) is 2. The minimum Gasteiger partial charge on any atom is -0.320 e. The van der Waals surface area contributed by atoms with Crippen molar-refractivity contribution in [1.29, 1.82) is 5.26 Å². The van der Waals surface area contributed by atoms with Crippen molar-refractivity contribution in [2.45, 2.75) is 25.4 Å². The molecule has 0 unspecified atom stereocenters. The van der Waals surface area contributed by atoms with Crippen molar-refractivity contribution in [1.82, 2.24) is 4.90 Å². The van der Waals surface area contributed by atoms with Crippen LogP contribution in [0.3, 0.4) is 0 Å². The Kier molecular flexibility index (Phi) is 3.04. The molecule has 0 aromatic heterocycles. The van der Waals surface area contributed by atoms with E-state index in [1.165, 1.54) is 4.90 Å². The van der Waals surface area contributed by atoms with E-state index >= 15 is 0 Å². The second-order valence-electron chi connectivity index (χ2n) is 3.01. The van der Waals surface area contributed by atoms with Crippen LogP contribution in [-0.2, 0) is 4.79 Å². The van der Waals surface area contributed by atoms with Crippen molar-refractivity contribution >= 4 is 5.91 Å². The number of rotatable bonds is 2. The number of nitriles is 1. The summed E-state index contributed by atoms with van der Waals surface area (Å²) in [6.45, 7) is 2.36. The Balaban J connectivity index is 2.64. The normalized spacial score (nSPS) is 22.8. The molecular weight excluding hydrogens is 166 g/mol. The van der Waals surface area contributed by atoms with E-state index in [1.807, 2.05) is 19.1 Å². The molecule has 0 aromatic carbocycles. The van der Waals surface area contributed by atoms with Gasteiger partial charge >= 0.3 is 0 Å². The summed E-state index contributed by atoms with van der Waals surface area (Å²) in [5.74, 6) is -0.140. The summed E-state index contributed by atoms with van der Waals surface area (Å²) >= 11 is 0. The van der Waals surface area contributed by atoms with Crippen LogP contribution in [-0.4, -0.2) is 29.4 Å². The van der Waals surface area contributed by atoms with E-state index < -0.39 is 12.1 Å². The van der Waals surface area contributed by atoms with Crippen molar-refractivity contribution in [3.05, 3.63) is 12.2 Å². The lowest BCUT2D eigenvalue weighted by Crippen LogP contribution is -2.45. The van der Waals surface area contributed by atoms with Crippen LogP contribution in [0.5, 0.6) is 0 Å². The fourth-order valence-electron chi connectivity index (χ4n) is 1.25. The van der Waals surface area contributed by atoms with Gasteiger partial charge in [0.05, 0.1) is 12.1 Å². The third-order valence-corrected chi connectivity index (χ3v) is 2.13. The predicted octanol–water partition coefficient (Wildman–Crippen LogP) is 0.0143. The first-order chi connectivity index (χ1) is 6.20. The van der Waals surface area contributed by atoms with Gasteiger partial charge in [0, 0.05) is 6.54 Å². The molecule has 0 aliphatic carbocycles. The molecule has 2 atom stereocenters. The number of nitrogens with two attached hydrogens (primary N) is 1. The fourth-order valence-corrected chi connectivity index (χ4v) is 1.25. The second-order valence-corrected chi connectivity index (χ2v) is 3.01. The van der Waals surface area contributed by atoms with Crippen LogP contribution in [0.25, 0.3) is 0 Å². The average Bonchev–Trinajstić information content (AvgIpc) is 2.62. The van der Waals surface area contributed by atoms with Crippen molar-refractivity contribution < 1.29 is 4.79 Å². The van der Waals surface area contributed by atoms with Crippen LogP contribution < -0.4 is 5.73 Å². The Labute approximate surface area is 77.6 Å². The number of carbonyl (C=O) groups excluding carboxylic acids is 1. The van der Waals surface area contributed by atoms with Crippen molar-refractivity contribution in [2.75, 3.05) is 6.54 Å². The van der Waals surface area contributed by atoms with Gasteiger partial charge in [0.1, 0.15) is 6.04 Å². The summed E-state index contributed by atoms with van der Waals surface area (Å²) in [4.78, 5) is 13.0. The molecule has 70 valence electrons. The highest BCUT2D eigenvalue weighted by molar-refractivity contribution is 5.83. The summed E-state index contributed by atoms with van der Waals surface area (Å²) in [7, 11) is 0. The van der Waals surface area contributed by atoms with Crippen molar-refractivity contribution in [2.24, 2.45) is 5.73 Å². The van der Waals surface area contributed by atoms with E-state index in [9.17, 15) is 4.79 Å². The molecule has 13 heavy (non-hydrogen) atoms. The Bertz CT molecular complexity index is 267. The van der Waals surface area contributed by atoms with Crippen LogP contribution in [0, 0.1) is 11.3 Å². The number of amides is 1. The fraction of sp³-hybridized carbons (Fsp3) is 0.556. The third-order valence-electron chi connectivity index (χ3n) is 2.13. The van der Waals surface area contributed by atoms with E-state index in [1.54, 1.807) is 6.08 Å². The monoisotopic (exact) mass is 179 g/mol. The topological polar surface area (TPSA) is 70.1 Å². The smallest absolute Gasteiger partial charge is 0.241 e. The molecule has 0 spiro atoms. The largest absolute Gasteiger partial charge is 0.320 e. The minimum atomic E-state index is -0.476. The van der Waals surface area contributed by atoms with E-state index in [0.717, 1.165) is 0 Å². The van der Waals surface area contributed by atoms with Gasteiger partial charge in [0.25, 0.3) is 0 Å². The zero-order chi connectivity index (χ0) is 9.84. The van der Waals surface area contributed by atoms with E-state index in [0.29, 0.717) is 13.0 Å². The van der Waals surface area contributed by atoms with Gasteiger partial charge in [0.15, 0.2) is 0 Å². The van der Waals surface area contributed by atoms with Gasteiger partial charge in [-0.05, 0) is 12.5 Å². The number of hydrogen-bond acceptors (Lipinski definition) is 3. The summed E-state index contributed by atoms with van der Waals surface area (Å²) in [5.41, 5.74) is 5.58. The highest BCUT2D eigenvalue weighted by Crippen LogP contribution is 2.10. The molecule has 1 aliphatic rings. The highest BCUT2D eigenvalue weighted by atomic mass is 16.2. The molecule has 4 heteroatoms. The van der Waals surface area contributed by atoms with Gasteiger partial charge in [0.2, 0.25) is 5.91 Å². The molecule has 0 aromatic rings. The lowest BCUT2D eigenvalue weighted by Gasteiger charge is -2.22. The van der Waals surface area contributed by atoms with Crippen molar-refractivity contribution in [3.63, 3.8) is 0 Å². The quantitative estimate of drug-likeness (QED) is 0.607. The van der Waals surface area contributed by atoms with Gasteiger partial charge in [-0.1, -0.05) is 13.0 Å². The molecule has 1 aliphatic heterocycles. The molecule has 0 saturated heterocycles. The standard InChI is InChI=1S/C9H13N3O/c1-2-8(11)9(13)12-5-3-4-7(12)6-10/h3-4,7-8H,2,5,11H2,1H3/t7-,8-/m0/s1. The maximum atomic E-state index is 11.6. The van der Waals surface area contributed by atoms with Gasteiger partial charge in [-0.15, -0.1) is 0 Å². The number of hydrogen-bond donors (Lipinski definition) is 1. The van der Waals surface area contributed by atoms with Gasteiger partial charge in [-0.3, -0.25) is 4.79 Å². The van der Waals surface area contributed by atoms with Crippen LogP contribution in [0.15, 0.2) is 12.2 Å². The highest BCUT2D eigenvalue weighted by Gasteiger charge is 2.27. The first-order valence-electron chi connectivity index (χ1n) is 4.33. The number of carbonyl (C=O) groups is 1. The Morgan fingerprint density at radius 2 is 2.62 bits per heavy atom. The Hall–Kier alpha value is -1.34. The zero-order valence-corrected chi connectivity index (χ0v) is 7.60. The molecule has 1 rings (SSSR count). The first-order valence-corrected chi connectivity index (χ1v) is 4.33. The second kappa shape index (κ2) is 4.06. The maximum Gasteiger partial charge on any atom is 0.241 e. The predicted molar refractivity (Wildman–Crippen MR) is 48.5 cm³/mol. The molecular formula is C9H13N3O. The lowest BCUT2D eigenvalue weighted by molar-refractivity contribution is -0.132. The molecule has 1 heterocycles. The molecule has 1 amide bonds. The minimum absolute atomic E-state index is 0.140. The molecule has 0 fully saturated rings. The SMILES string of the molecule is CC[C@H](N)C(=O)N1CC=C[C@H]1C#N. The van der Waals surface area contributed by atoms with Gasteiger partial charge in [-0.2, -0.15) is 5.26 Å². The Morgan fingerprint density at radius 3 is 3.15 bits per heavy atom. The van der Waals surface area contributed by atoms with Crippen LogP contribution in [0.2, 0.25) is 0 Å². The molecule has 0 bridgehead atoms. The third kappa shape index (κ3) is 1.87. The van der Waals surface area contributed by atoms with Crippen molar-refractivity contribution in [3.8, 4) is 6.07 Å². The van der Waals surface area contributed by atoms with Gasteiger partial charge in [-0.25, -0.2) is 0 Å². The van der Waals surface area contributed by atoms with E-state index in [4.69, 9.17) is 11.0 Å². The lowest BCUT2D eigenvalue weighted by atomic mass is 10.2. The van der Waals surface area contributed by atoms with E-state index in [2.05, 4.69) is 0 Å². The summed E-state index contributed by atoms with van der Waals surface area (Å²) in [6, 6.07) is 1.13. The van der Waals surface area contributed by atoms with E-state index in [-0.39, 0.29) is 5.91 Å². The summed E-state index contributed by atoms with van der Waals surface area (Å²) in [5, 5.41) is 8.70. The van der Waals surface area contributed by atoms with Crippen LogP contribution in [0.4, 0.5) is 0 Å². The van der Waals surface area contributed by atoms with Crippen LogP contribution >= 0.6 is 0 Å². The molecule has 0 saturated carbocycles. The van der Waals surface area contributed by atoms with Crippen LogP contribution in [0.1, 0.15) is 13.3 Å². The molecule has 4 nitrogen and oxygen atoms in total. The summed E-state index contributed by atoms with van der Waals surface area (Å²) < 4.78 is 0. The maximum absolute atomic E-state index is 11.6. The average molecular weight is 179 g/mol. The Morgan fingerprint density at radius 1 is 1.92 bits per heavy atom. The zero-order valence-electron chi connectivity index (χ0n) is 7.60. The first kappa shape index (κ1) is 9.75. The molecule has 2 N–H and O–H groups in total. The summed E-state index contributed by atoms with van der Waals surface area (Å²) in [6.07, 6.45) is 4.14.